The first kappa shape index (κ1) is 6.65. The molecule has 0 aliphatic heterocycles. The highest BCUT2D eigenvalue weighted by atomic mass is 32.2. The molecule has 0 bridgehead atoms. The predicted octanol–water partition coefficient (Wildman–Crippen LogP) is -0.813. The van der Waals surface area contributed by atoms with Crippen molar-refractivity contribution in [3.63, 3.8) is 0 Å². The van der Waals surface area contributed by atoms with Crippen LogP contribution >= 0.6 is 0 Å². The fourth-order valence-corrected chi connectivity index (χ4v) is 0.516. The topological polar surface area (TPSA) is 37.4 Å². The summed E-state index contributed by atoms with van der Waals surface area (Å²) < 4.78 is 19.4. The van der Waals surface area contributed by atoms with Crippen LogP contribution in [-0.2, 0) is 10.3 Å². The van der Waals surface area contributed by atoms with E-state index in [9.17, 15) is 8.42 Å². The highest BCUT2D eigenvalue weighted by Gasteiger charge is 1.75. The van der Waals surface area contributed by atoms with Gasteiger partial charge in [0.25, 0.3) is 0 Å². The molecule has 0 saturated heterocycles. The van der Waals surface area contributed by atoms with Crippen molar-refractivity contribution in [3.8, 4) is 0 Å². The molecule has 3 nitrogen and oxygen atoms in total. The van der Waals surface area contributed by atoms with Crippen LogP contribution in [0, 0.1) is 0 Å². The average molecular weight is 121 g/mol. The third-order valence-corrected chi connectivity index (χ3v) is 0.891. The zero-order chi connectivity index (χ0) is 5.86. The number of nitrogens with zero attached hydrogens (tertiary/aromatic N) is 1. The SMILES string of the molecule is CN(C)C=S(=O)=O. The zero-order valence-corrected chi connectivity index (χ0v) is 5.07. The molecule has 0 aromatic heterocycles. The lowest BCUT2D eigenvalue weighted by Crippen LogP contribution is -2.07. The maximum atomic E-state index is 9.71. The molecule has 4 heteroatoms. The molecule has 0 radical (unpaired) electrons. The summed E-state index contributed by atoms with van der Waals surface area (Å²) in [6.45, 7) is 0. The molecule has 0 atom stereocenters. The third-order valence-electron chi connectivity index (χ3n) is 0.297. The van der Waals surface area contributed by atoms with Gasteiger partial charge in [0, 0.05) is 0 Å². The molecule has 0 aromatic rings. The van der Waals surface area contributed by atoms with Gasteiger partial charge in [0.1, 0.15) is 5.49 Å². The van der Waals surface area contributed by atoms with Crippen LogP contribution in [0.5, 0.6) is 0 Å². The van der Waals surface area contributed by atoms with E-state index in [4.69, 9.17) is 0 Å². The van der Waals surface area contributed by atoms with Crippen LogP contribution in [0.15, 0.2) is 0 Å². The van der Waals surface area contributed by atoms with E-state index in [1.54, 1.807) is 14.1 Å². The van der Waals surface area contributed by atoms with Gasteiger partial charge >= 0.3 is 0 Å². The van der Waals surface area contributed by atoms with E-state index >= 15 is 0 Å². The first-order valence-electron chi connectivity index (χ1n) is 1.72. The molecule has 0 aliphatic rings. The van der Waals surface area contributed by atoms with Crippen LogP contribution < -0.4 is 0 Å². The van der Waals surface area contributed by atoms with Crippen molar-refractivity contribution >= 4 is 15.8 Å². The van der Waals surface area contributed by atoms with Crippen molar-refractivity contribution in [3.05, 3.63) is 0 Å². The van der Waals surface area contributed by atoms with Crippen LogP contribution in [0.4, 0.5) is 0 Å². The Morgan fingerprint density at radius 3 is 1.86 bits per heavy atom. The molecule has 0 heterocycles. The van der Waals surface area contributed by atoms with Gasteiger partial charge < -0.3 is 0 Å². The second-order valence-corrected chi connectivity index (χ2v) is 2.06. The van der Waals surface area contributed by atoms with Crippen LogP contribution in [0.2, 0.25) is 0 Å². The van der Waals surface area contributed by atoms with E-state index in [0.717, 1.165) is 5.49 Å². The normalized spacial score (nSPS) is 9.00. The second-order valence-electron chi connectivity index (χ2n) is 1.33. The highest BCUT2D eigenvalue weighted by Crippen LogP contribution is 1.56. The van der Waals surface area contributed by atoms with E-state index in [2.05, 4.69) is 0 Å². The number of hydrogen-bond acceptors (Lipinski definition) is 2. The van der Waals surface area contributed by atoms with Gasteiger partial charge in [-0.15, -0.1) is 0 Å². The Labute approximate surface area is 44.1 Å². The van der Waals surface area contributed by atoms with Crippen LogP contribution in [0.3, 0.4) is 0 Å². The maximum Gasteiger partial charge on any atom is 0.225 e. The zero-order valence-electron chi connectivity index (χ0n) is 4.25. The van der Waals surface area contributed by atoms with E-state index in [1.165, 1.54) is 4.90 Å². The molecule has 0 N–H and O–H groups in total. The van der Waals surface area contributed by atoms with Gasteiger partial charge in [-0.05, 0) is 14.1 Å². The van der Waals surface area contributed by atoms with Crippen LogP contribution in [0.1, 0.15) is 0 Å². The quantitative estimate of drug-likeness (QED) is 0.426. The molecular weight excluding hydrogens is 114 g/mol. The van der Waals surface area contributed by atoms with Gasteiger partial charge in [-0.2, -0.15) is 8.42 Å². The summed E-state index contributed by atoms with van der Waals surface area (Å²) >= 11 is 0. The fraction of sp³-hybridized carbons (Fsp3) is 0.667. The van der Waals surface area contributed by atoms with Gasteiger partial charge in [0.05, 0.1) is 0 Å². The molecule has 0 aromatic carbocycles. The molecule has 0 rings (SSSR count). The Morgan fingerprint density at radius 2 is 1.86 bits per heavy atom. The Kier molecular flexibility index (Phi) is 2.62. The minimum Gasteiger partial charge on any atom is -0.274 e. The van der Waals surface area contributed by atoms with E-state index in [1.807, 2.05) is 0 Å². The highest BCUT2D eigenvalue weighted by molar-refractivity contribution is 7.71. The summed E-state index contributed by atoms with van der Waals surface area (Å²) in [5.41, 5.74) is 1.08. The second kappa shape index (κ2) is 2.76. The van der Waals surface area contributed by atoms with Gasteiger partial charge in [-0.25, -0.2) is 0 Å². The molecule has 7 heavy (non-hydrogen) atoms. The largest absolute Gasteiger partial charge is 0.274 e. The monoisotopic (exact) mass is 121 g/mol. The fourth-order valence-electron chi connectivity index (χ4n) is 0.172. The lowest BCUT2D eigenvalue weighted by molar-refractivity contribution is 0.617. The Bertz CT molecular complexity index is 148. The average Bonchev–Trinajstić information content (AvgIpc) is 1.27. The number of hydrogen-bond donors (Lipinski definition) is 0. The predicted molar refractivity (Wildman–Crippen MR) is 28.7 cm³/mol. The lowest BCUT2D eigenvalue weighted by atomic mass is 11.0. The van der Waals surface area contributed by atoms with Crippen LogP contribution in [-0.4, -0.2) is 32.9 Å². The van der Waals surface area contributed by atoms with Crippen molar-refractivity contribution in [2.75, 3.05) is 14.1 Å². The molecule has 0 aliphatic carbocycles. The van der Waals surface area contributed by atoms with Crippen molar-refractivity contribution < 1.29 is 8.42 Å². The van der Waals surface area contributed by atoms with E-state index in [-0.39, 0.29) is 0 Å². The van der Waals surface area contributed by atoms with E-state index in [0.29, 0.717) is 0 Å². The molecular formula is C3H7NO2S. The van der Waals surface area contributed by atoms with Gasteiger partial charge in [-0.3, -0.25) is 4.90 Å². The molecule has 0 spiro atoms. The summed E-state index contributed by atoms with van der Waals surface area (Å²) in [5.74, 6) is 0. The molecule has 0 fully saturated rings. The van der Waals surface area contributed by atoms with Gasteiger partial charge in [0.2, 0.25) is 10.3 Å². The Balaban J connectivity index is 3.96. The first-order chi connectivity index (χ1) is 3.13. The summed E-state index contributed by atoms with van der Waals surface area (Å²) in [7, 11) is 1.25. The minimum absolute atomic E-state index is 1.08. The Morgan fingerprint density at radius 1 is 1.43 bits per heavy atom. The molecule has 0 unspecified atom stereocenters. The van der Waals surface area contributed by atoms with E-state index < -0.39 is 10.3 Å². The Hall–Kier alpha value is -0.350. The number of rotatable bonds is 1. The van der Waals surface area contributed by atoms with Gasteiger partial charge in [0.15, 0.2) is 0 Å². The smallest absolute Gasteiger partial charge is 0.225 e. The summed E-state index contributed by atoms with van der Waals surface area (Å²) in [6, 6.07) is 0. The summed E-state index contributed by atoms with van der Waals surface area (Å²) in [4.78, 5) is 1.46. The van der Waals surface area contributed by atoms with Crippen molar-refractivity contribution in [1.29, 1.82) is 0 Å². The standard InChI is InChI=1S/C3H7NO2S/c1-4(2)3-7(5)6/h3H,1-2H3. The van der Waals surface area contributed by atoms with Crippen LogP contribution in [0.25, 0.3) is 0 Å². The van der Waals surface area contributed by atoms with Crippen molar-refractivity contribution in [1.82, 2.24) is 4.90 Å². The summed E-state index contributed by atoms with van der Waals surface area (Å²) in [6.07, 6.45) is 0. The molecule has 0 saturated carbocycles. The molecule has 0 amide bonds. The van der Waals surface area contributed by atoms with Crippen molar-refractivity contribution in [2.24, 2.45) is 0 Å². The first-order valence-corrected chi connectivity index (χ1v) is 2.86. The molecule has 42 valence electrons. The van der Waals surface area contributed by atoms with Gasteiger partial charge in [-0.1, -0.05) is 0 Å². The third kappa shape index (κ3) is 5.65. The maximum absolute atomic E-state index is 9.71. The lowest BCUT2D eigenvalue weighted by Gasteiger charge is -1.91. The minimum atomic E-state index is -2.04. The van der Waals surface area contributed by atoms with Crippen molar-refractivity contribution in [2.45, 2.75) is 0 Å². The summed E-state index contributed by atoms with van der Waals surface area (Å²) in [5, 5.41) is 0.